The van der Waals surface area contributed by atoms with Gasteiger partial charge in [-0.1, -0.05) is 20.8 Å². The summed E-state index contributed by atoms with van der Waals surface area (Å²) in [5.41, 5.74) is 2.39. The summed E-state index contributed by atoms with van der Waals surface area (Å²) in [7, 11) is 0. The van der Waals surface area contributed by atoms with Gasteiger partial charge in [0, 0.05) is 6.04 Å². The molecule has 0 spiro atoms. The van der Waals surface area contributed by atoms with E-state index in [1.807, 2.05) is 13.8 Å². The topological polar surface area (TPSA) is 61.6 Å². The first-order chi connectivity index (χ1) is 7.77. The lowest BCUT2D eigenvalue weighted by molar-refractivity contribution is 0.358. The van der Waals surface area contributed by atoms with Crippen LogP contribution < -0.4 is 5.32 Å². The summed E-state index contributed by atoms with van der Waals surface area (Å²) in [5, 5.41) is 20.6. The SMILES string of the molecule is Cc1nnc(NC(C)C(C)(C)C)c(C#N)c1C. The van der Waals surface area contributed by atoms with Crippen LogP contribution in [0.5, 0.6) is 0 Å². The Kier molecular flexibility index (Phi) is 3.72. The van der Waals surface area contributed by atoms with E-state index in [0.717, 1.165) is 11.3 Å². The van der Waals surface area contributed by atoms with Gasteiger partial charge in [0.05, 0.1) is 5.69 Å². The molecule has 0 aliphatic rings. The number of anilines is 1. The van der Waals surface area contributed by atoms with Gasteiger partial charge >= 0.3 is 0 Å². The smallest absolute Gasteiger partial charge is 0.167 e. The molecule has 4 heteroatoms. The molecule has 1 rings (SSSR count). The third-order valence-corrected chi connectivity index (χ3v) is 3.22. The number of rotatable bonds is 2. The van der Waals surface area contributed by atoms with E-state index in [1.54, 1.807) is 0 Å². The maximum Gasteiger partial charge on any atom is 0.167 e. The third-order valence-electron chi connectivity index (χ3n) is 3.22. The van der Waals surface area contributed by atoms with E-state index in [2.05, 4.69) is 49.3 Å². The summed E-state index contributed by atoms with van der Waals surface area (Å²) in [6, 6.07) is 2.41. The average Bonchev–Trinajstić information content (AvgIpc) is 2.22. The summed E-state index contributed by atoms with van der Waals surface area (Å²) < 4.78 is 0. The molecule has 1 aromatic heterocycles. The van der Waals surface area contributed by atoms with Gasteiger partial charge in [0.15, 0.2) is 5.82 Å². The minimum absolute atomic E-state index is 0.104. The van der Waals surface area contributed by atoms with Crippen LogP contribution in [0, 0.1) is 30.6 Å². The van der Waals surface area contributed by atoms with Gasteiger partial charge in [-0.25, -0.2) is 0 Å². The van der Waals surface area contributed by atoms with Crippen LogP contribution in [0.15, 0.2) is 0 Å². The van der Waals surface area contributed by atoms with Crippen molar-refractivity contribution in [3.8, 4) is 6.07 Å². The van der Waals surface area contributed by atoms with E-state index >= 15 is 0 Å². The molecule has 92 valence electrons. The Morgan fingerprint density at radius 2 is 1.82 bits per heavy atom. The van der Waals surface area contributed by atoms with Gasteiger partial charge in [0.2, 0.25) is 0 Å². The van der Waals surface area contributed by atoms with E-state index < -0.39 is 0 Å². The predicted molar refractivity (Wildman–Crippen MR) is 68.8 cm³/mol. The molecule has 0 aliphatic carbocycles. The lowest BCUT2D eigenvalue weighted by atomic mass is 9.88. The first kappa shape index (κ1) is 13.4. The Morgan fingerprint density at radius 1 is 1.24 bits per heavy atom. The van der Waals surface area contributed by atoms with Gasteiger partial charge in [-0.05, 0) is 31.7 Å². The fourth-order valence-electron chi connectivity index (χ4n) is 1.27. The van der Waals surface area contributed by atoms with Crippen LogP contribution >= 0.6 is 0 Å². The predicted octanol–water partition coefficient (Wildman–Crippen LogP) is 2.81. The minimum atomic E-state index is 0.104. The highest BCUT2D eigenvalue weighted by Gasteiger charge is 2.22. The first-order valence-electron chi connectivity index (χ1n) is 5.78. The maximum absolute atomic E-state index is 9.18. The number of nitriles is 1. The monoisotopic (exact) mass is 232 g/mol. The Morgan fingerprint density at radius 3 is 2.29 bits per heavy atom. The van der Waals surface area contributed by atoms with Crippen molar-refractivity contribution in [3.05, 3.63) is 16.8 Å². The number of nitrogens with zero attached hydrogens (tertiary/aromatic N) is 3. The zero-order valence-corrected chi connectivity index (χ0v) is 11.4. The zero-order chi connectivity index (χ0) is 13.2. The maximum atomic E-state index is 9.18. The van der Waals surface area contributed by atoms with E-state index in [1.165, 1.54) is 0 Å². The quantitative estimate of drug-likeness (QED) is 0.851. The van der Waals surface area contributed by atoms with Crippen molar-refractivity contribution in [3.63, 3.8) is 0 Å². The Bertz CT molecular complexity index is 452. The van der Waals surface area contributed by atoms with Crippen LogP contribution in [0.4, 0.5) is 5.82 Å². The second-order valence-corrected chi connectivity index (χ2v) is 5.48. The van der Waals surface area contributed by atoms with Crippen LogP contribution in [-0.4, -0.2) is 16.2 Å². The molecule has 0 radical (unpaired) electrons. The summed E-state index contributed by atoms with van der Waals surface area (Å²) in [6.45, 7) is 12.3. The Labute approximate surface area is 103 Å². The van der Waals surface area contributed by atoms with Gasteiger partial charge in [-0.15, -0.1) is 5.10 Å². The molecule has 0 aromatic carbocycles. The van der Waals surface area contributed by atoms with Crippen LogP contribution in [0.1, 0.15) is 44.5 Å². The van der Waals surface area contributed by atoms with E-state index in [-0.39, 0.29) is 11.5 Å². The van der Waals surface area contributed by atoms with Crippen molar-refractivity contribution < 1.29 is 0 Å². The summed E-state index contributed by atoms with van der Waals surface area (Å²) in [5.74, 6) is 0.582. The lowest BCUT2D eigenvalue weighted by Gasteiger charge is -2.28. The molecule has 1 N–H and O–H groups in total. The largest absolute Gasteiger partial charge is 0.364 e. The minimum Gasteiger partial charge on any atom is -0.364 e. The molecular weight excluding hydrogens is 212 g/mol. The number of hydrogen-bond acceptors (Lipinski definition) is 4. The molecule has 1 unspecified atom stereocenters. The number of hydrogen-bond donors (Lipinski definition) is 1. The molecule has 0 saturated carbocycles. The van der Waals surface area contributed by atoms with Crippen LogP contribution in [0.3, 0.4) is 0 Å². The highest BCUT2D eigenvalue weighted by Crippen LogP contribution is 2.24. The van der Waals surface area contributed by atoms with Crippen molar-refractivity contribution in [2.45, 2.75) is 47.6 Å². The number of aryl methyl sites for hydroxylation is 1. The number of aromatic nitrogens is 2. The molecule has 0 saturated heterocycles. The van der Waals surface area contributed by atoms with Gasteiger partial charge in [0.25, 0.3) is 0 Å². The van der Waals surface area contributed by atoms with Crippen molar-refractivity contribution in [1.29, 1.82) is 5.26 Å². The van der Waals surface area contributed by atoms with E-state index in [9.17, 15) is 5.26 Å². The van der Waals surface area contributed by atoms with E-state index in [0.29, 0.717) is 11.4 Å². The molecule has 1 aromatic rings. The number of nitrogens with one attached hydrogen (secondary N) is 1. The van der Waals surface area contributed by atoms with Gasteiger partial charge in [0.1, 0.15) is 11.6 Å². The summed E-state index contributed by atoms with van der Waals surface area (Å²) in [6.07, 6.45) is 0. The lowest BCUT2D eigenvalue weighted by Crippen LogP contribution is -2.31. The first-order valence-corrected chi connectivity index (χ1v) is 5.78. The molecule has 0 amide bonds. The fourth-order valence-corrected chi connectivity index (χ4v) is 1.27. The highest BCUT2D eigenvalue weighted by atomic mass is 15.2. The van der Waals surface area contributed by atoms with Gasteiger partial charge < -0.3 is 5.32 Å². The van der Waals surface area contributed by atoms with Gasteiger partial charge in [-0.2, -0.15) is 10.4 Å². The molecular formula is C13H20N4. The second-order valence-electron chi connectivity index (χ2n) is 5.48. The fraction of sp³-hybridized carbons (Fsp3) is 0.615. The molecule has 0 bridgehead atoms. The summed E-state index contributed by atoms with van der Waals surface area (Å²) >= 11 is 0. The van der Waals surface area contributed by atoms with Crippen molar-refractivity contribution in [2.24, 2.45) is 5.41 Å². The van der Waals surface area contributed by atoms with Crippen molar-refractivity contribution in [2.75, 3.05) is 5.32 Å². The molecule has 4 nitrogen and oxygen atoms in total. The average molecular weight is 232 g/mol. The van der Waals surface area contributed by atoms with Crippen molar-refractivity contribution in [1.82, 2.24) is 10.2 Å². The Balaban J connectivity index is 3.09. The van der Waals surface area contributed by atoms with Gasteiger partial charge in [-0.3, -0.25) is 0 Å². The van der Waals surface area contributed by atoms with Crippen molar-refractivity contribution >= 4 is 5.82 Å². The second kappa shape index (κ2) is 4.70. The van der Waals surface area contributed by atoms with Crippen LogP contribution in [0.2, 0.25) is 0 Å². The van der Waals surface area contributed by atoms with Crippen LogP contribution in [0.25, 0.3) is 0 Å². The molecule has 17 heavy (non-hydrogen) atoms. The third kappa shape index (κ3) is 2.94. The van der Waals surface area contributed by atoms with Crippen LogP contribution in [-0.2, 0) is 0 Å². The van der Waals surface area contributed by atoms with E-state index in [4.69, 9.17) is 0 Å². The highest BCUT2D eigenvalue weighted by molar-refractivity contribution is 5.56. The normalized spacial score (nSPS) is 13.0. The Hall–Kier alpha value is -1.63. The molecule has 1 heterocycles. The molecule has 0 aliphatic heterocycles. The standard InChI is InChI=1S/C13H20N4/c1-8-9(2)16-17-12(11(8)7-14)15-10(3)13(4,5)6/h10H,1-6H3,(H,15,17). The molecule has 1 atom stereocenters. The summed E-state index contributed by atoms with van der Waals surface area (Å²) in [4.78, 5) is 0. The zero-order valence-electron chi connectivity index (χ0n) is 11.4. The molecule has 0 fully saturated rings.